The number of aromatic nitrogens is 3. The molecule has 0 spiro atoms. The number of hydrogen-bond donors (Lipinski definition) is 2. The fourth-order valence-electron chi connectivity index (χ4n) is 2.65. The summed E-state index contributed by atoms with van der Waals surface area (Å²) >= 11 is 5.16. The maximum Gasteiger partial charge on any atom is 0.261 e. The van der Waals surface area contributed by atoms with Gasteiger partial charge in [0.2, 0.25) is 0 Å². The summed E-state index contributed by atoms with van der Waals surface area (Å²) in [4.78, 5) is 12.3. The molecule has 1 amide bonds. The summed E-state index contributed by atoms with van der Waals surface area (Å²) in [6.45, 7) is 4.19. The van der Waals surface area contributed by atoms with E-state index in [0.29, 0.717) is 22.6 Å². The van der Waals surface area contributed by atoms with Crippen molar-refractivity contribution in [2.45, 2.75) is 39.0 Å². The number of fused-ring (bicyclic) bond motifs is 1. The lowest BCUT2D eigenvalue weighted by molar-refractivity contribution is -0.127. The van der Waals surface area contributed by atoms with E-state index in [9.17, 15) is 9.18 Å². The average molecular weight is 336 g/mol. The lowest BCUT2D eigenvalue weighted by Crippen LogP contribution is -2.37. The van der Waals surface area contributed by atoms with Gasteiger partial charge in [-0.15, -0.1) is 0 Å². The van der Waals surface area contributed by atoms with Gasteiger partial charge >= 0.3 is 0 Å². The number of halogens is 1. The fraction of sp³-hybridized carbons (Fsp3) is 0.400. The zero-order valence-electron chi connectivity index (χ0n) is 12.8. The van der Waals surface area contributed by atoms with Crippen LogP contribution >= 0.6 is 12.2 Å². The molecule has 0 radical (unpaired) electrons. The second kappa shape index (κ2) is 6.11. The SMILES string of the molecule is CC(C)n1c(CNC(=O)C2Cc3cccc(F)c3O2)n[nH]c1=S. The van der Waals surface area contributed by atoms with E-state index < -0.39 is 11.9 Å². The molecular weight excluding hydrogens is 319 g/mol. The first kappa shape index (κ1) is 15.7. The first-order chi connectivity index (χ1) is 11.0. The van der Waals surface area contributed by atoms with Gasteiger partial charge in [-0.2, -0.15) is 5.10 Å². The van der Waals surface area contributed by atoms with Crippen LogP contribution in [-0.2, 0) is 17.8 Å². The third-order valence-corrected chi connectivity index (χ3v) is 4.01. The Hall–Kier alpha value is -2.22. The second-order valence-corrected chi connectivity index (χ2v) is 6.05. The van der Waals surface area contributed by atoms with Gasteiger partial charge in [0.05, 0.1) is 6.54 Å². The van der Waals surface area contributed by atoms with Crippen LogP contribution in [-0.4, -0.2) is 26.8 Å². The summed E-state index contributed by atoms with van der Waals surface area (Å²) < 4.78 is 21.4. The molecule has 23 heavy (non-hydrogen) atoms. The third-order valence-electron chi connectivity index (χ3n) is 3.72. The van der Waals surface area contributed by atoms with Gasteiger partial charge in [0, 0.05) is 18.0 Å². The Morgan fingerprint density at radius 3 is 3.09 bits per heavy atom. The minimum absolute atomic E-state index is 0.134. The van der Waals surface area contributed by atoms with Crippen LogP contribution in [0.2, 0.25) is 0 Å². The van der Waals surface area contributed by atoms with Crippen molar-refractivity contribution < 1.29 is 13.9 Å². The van der Waals surface area contributed by atoms with Gasteiger partial charge in [0.1, 0.15) is 0 Å². The largest absolute Gasteiger partial charge is 0.477 e. The highest BCUT2D eigenvalue weighted by molar-refractivity contribution is 7.71. The van der Waals surface area contributed by atoms with E-state index in [0.717, 1.165) is 0 Å². The molecule has 6 nitrogen and oxygen atoms in total. The predicted octanol–water partition coefficient (Wildman–Crippen LogP) is 2.28. The maximum absolute atomic E-state index is 13.6. The van der Waals surface area contributed by atoms with Crippen molar-refractivity contribution in [2.75, 3.05) is 0 Å². The topological polar surface area (TPSA) is 71.9 Å². The molecule has 2 aromatic rings. The van der Waals surface area contributed by atoms with Crippen LogP contribution in [0, 0.1) is 10.6 Å². The molecule has 0 saturated carbocycles. The quantitative estimate of drug-likeness (QED) is 0.840. The Morgan fingerprint density at radius 1 is 1.61 bits per heavy atom. The normalized spacial score (nSPS) is 16.3. The number of carbonyl (C=O) groups excluding carboxylic acids is 1. The Balaban J connectivity index is 1.66. The molecule has 0 aliphatic carbocycles. The van der Waals surface area contributed by atoms with Gasteiger partial charge in [-0.25, -0.2) is 4.39 Å². The summed E-state index contributed by atoms with van der Waals surface area (Å²) in [6, 6.07) is 4.82. The molecule has 2 heterocycles. The minimum atomic E-state index is -0.726. The molecule has 1 unspecified atom stereocenters. The number of para-hydroxylation sites is 1. The third kappa shape index (κ3) is 2.98. The van der Waals surface area contributed by atoms with E-state index in [1.165, 1.54) is 6.07 Å². The molecule has 1 aliphatic heterocycles. The standard InChI is InChI=1S/C15H17FN4O2S/c1-8(2)20-12(18-19-15(20)23)7-17-14(21)11-6-9-4-3-5-10(16)13(9)22-11/h3-5,8,11H,6-7H2,1-2H3,(H,17,21)(H,19,23). The number of nitrogens with zero attached hydrogens (tertiary/aromatic N) is 2. The van der Waals surface area contributed by atoms with E-state index in [4.69, 9.17) is 17.0 Å². The van der Waals surface area contributed by atoms with Crippen LogP contribution in [0.25, 0.3) is 0 Å². The Bertz CT molecular complexity index is 799. The minimum Gasteiger partial charge on any atom is -0.477 e. The Kier molecular flexibility index (Phi) is 4.16. The fourth-order valence-corrected chi connectivity index (χ4v) is 3.01. The van der Waals surface area contributed by atoms with Crippen LogP contribution in [0.15, 0.2) is 18.2 Å². The number of aromatic amines is 1. The van der Waals surface area contributed by atoms with E-state index in [-0.39, 0.29) is 24.2 Å². The van der Waals surface area contributed by atoms with E-state index >= 15 is 0 Å². The summed E-state index contributed by atoms with van der Waals surface area (Å²) in [5.74, 6) is 0.0564. The molecule has 3 rings (SSSR count). The summed E-state index contributed by atoms with van der Waals surface area (Å²) in [5.41, 5.74) is 0.704. The molecule has 1 atom stereocenters. The van der Waals surface area contributed by atoms with Crippen molar-refractivity contribution in [3.8, 4) is 5.75 Å². The predicted molar refractivity (Wildman–Crippen MR) is 84.2 cm³/mol. The number of nitrogens with one attached hydrogen (secondary N) is 2. The summed E-state index contributed by atoms with van der Waals surface area (Å²) in [6.07, 6.45) is -0.369. The van der Waals surface area contributed by atoms with Crippen molar-refractivity contribution in [3.63, 3.8) is 0 Å². The number of carbonyl (C=O) groups is 1. The highest BCUT2D eigenvalue weighted by Crippen LogP contribution is 2.31. The van der Waals surface area contributed by atoms with Gasteiger partial charge in [0.15, 0.2) is 28.3 Å². The van der Waals surface area contributed by atoms with E-state index in [1.807, 2.05) is 18.4 Å². The number of H-pyrrole nitrogens is 1. The number of benzene rings is 1. The first-order valence-corrected chi connectivity index (χ1v) is 7.75. The van der Waals surface area contributed by atoms with E-state index in [1.54, 1.807) is 12.1 Å². The van der Waals surface area contributed by atoms with Gasteiger partial charge in [0.25, 0.3) is 5.91 Å². The number of amides is 1. The second-order valence-electron chi connectivity index (χ2n) is 5.67. The molecule has 1 aromatic carbocycles. The van der Waals surface area contributed by atoms with Crippen molar-refractivity contribution in [1.82, 2.24) is 20.1 Å². The molecule has 8 heteroatoms. The molecule has 1 aliphatic rings. The van der Waals surface area contributed by atoms with Crippen LogP contribution in [0.1, 0.15) is 31.3 Å². The zero-order valence-corrected chi connectivity index (χ0v) is 13.6. The highest BCUT2D eigenvalue weighted by atomic mass is 32.1. The monoisotopic (exact) mass is 336 g/mol. The van der Waals surface area contributed by atoms with Crippen LogP contribution < -0.4 is 10.1 Å². The molecule has 0 saturated heterocycles. The maximum atomic E-state index is 13.6. The van der Waals surface area contributed by atoms with Gasteiger partial charge in [-0.05, 0) is 32.1 Å². The molecule has 0 bridgehead atoms. The zero-order chi connectivity index (χ0) is 16.6. The molecule has 2 N–H and O–H groups in total. The van der Waals surface area contributed by atoms with E-state index in [2.05, 4.69) is 15.5 Å². The lowest BCUT2D eigenvalue weighted by atomic mass is 10.1. The average Bonchev–Trinajstić information content (AvgIpc) is 3.09. The lowest BCUT2D eigenvalue weighted by Gasteiger charge is -2.13. The molecule has 122 valence electrons. The summed E-state index contributed by atoms with van der Waals surface area (Å²) in [5, 5.41) is 9.60. The van der Waals surface area contributed by atoms with Crippen molar-refractivity contribution in [1.29, 1.82) is 0 Å². The van der Waals surface area contributed by atoms with Crippen LogP contribution in [0.5, 0.6) is 5.75 Å². The smallest absolute Gasteiger partial charge is 0.261 e. The van der Waals surface area contributed by atoms with Crippen molar-refractivity contribution in [2.24, 2.45) is 0 Å². The number of rotatable bonds is 4. The summed E-state index contributed by atoms with van der Waals surface area (Å²) in [7, 11) is 0. The van der Waals surface area contributed by atoms with Crippen LogP contribution in [0.4, 0.5) is 4.39 Å². The van der Waals surface area contributed by atoms with Crippen molar-refractivity contribution in [3.05, 3.63) is 40.2 Å². The number of ether oxygens (including phenoxy) is 1. The first-order valence-electron chi connectivity index (χ1n) is 7.35. The molecule has 0 fully saturated rings. The van der Waals surface area contributed by atoms with Gasteiger partial charge < -0.3 is 14.6 Å². The highest BCUT2D eigenvalue weighted by Gasteiger charge is 2.31. The van der Waals surface area contributed by atoms with Crippen LogP contribution in [0.3, 0.4) is 0 Å². The molecular formula is C15H17FN4O2S. The van der Waals surface area contributed by atoms with Gasteiger partial charge in [-0.3, -0.25) is 9.89 Å². The molecule has 1 aromatic heterocycles. The van der Waals surface area contributed by atoms with Crippen molar-refractivity contribution >= 4 is 18.1 Å². The van der Waals surface area contributed by atoms with Gasteiger partial charge in [-0.1, -0.05) is 12.1 Å². The Morgan fingerprint density at radius 2 is 2.39 bits per heavy atom. The number of hydrogen-bond acceptors (Lipinski definition) is 4. The Labute approximate surface area is 137 Å².